The number of benzene rings is 2. The largest absolute Gasteiger partial charge is 0.487 e. The smallest absolute Gasteiger partial charge is 0.341 e. The van der Waals surface area contributed by atoms with Gasteiger partial charge in [-0.1, -0.05) is 66.7 Å². The summed E-state index contributed by atoms with van der Waals surface area (Å²) in [5.74, 6) is 0.0734. The van der Waals surface area contributed by atoms with Crippen LogP contribution in [0.3, 0.4) is 0 Å². The van der Waals surface area contributed by atoms with Gasteiger partial charge >= 0.3 is 5.97 Å². The predicted molar refractivity (Wildman–Crippen MR) is 116 cm³/mol. The Balaban J connectivity index is 2.54. The van der Waals surface area contributed by atoms with Gasteiger partial charge in [-0.25, -0.2) is 4.79 Å². The molecule has 0 atom stereocenters. The van der Waals surface area contributed by atoms with Crippen molar-refractivity contribution < 1.29 is 14.6 Å². The zero-order chi connectivity index (χ0) is 20.4. The van der Waals surface area contributed by atoms with E-state index in [4.69, 9.17) is 21.4 Å². The van der Waals surface area contributed by atoms with Crippen molar-refractivity contribution in [1.29, 1.82) is 0 Å². The van der Waals surface area contributed by atoms with Gasteiger partial charge in [-0.3, -0.25) is 0 Å². The van der Waals surface area contributed by atoms with E-state index in [1.54, 1.807) is 13.0 Å². The van der Waals surface area contributed by atoms with Gasteiger partial charge in [0.2, 0.25) is 0 Å². The Kier molecular flexibility index (Phi) is 8.57. The van der Waals surface area contributed by atoms with Crippen LogP contribution in [0, 0.1) is 0 Å². The van der Waals surface area contributed by atoms with Gasteiger partial charge < -0.3 is 9.84 Å². The summed E-state index contributed by atoms with van der Waals surface area (Å²) in [7, 11) is 0. The number of carboxylic acid groups (broad SMARTS) is 1. The number of ether oxygens (including phenoxy) is 1. The SMILES string of the molecule is C\C(=C/C=C(C)/C(=C(/CCCl)c1ccccc1)c1ccccc1)OCC(=O)O. The lowest BCUT2D eigenvalue weighted by molar-refractivity contribution is -0.140. The van der Waals surface area contributed by atoms with Crippen LogP contribution < -0.4 is 0 Å². The second kappa shape index (κ2) is 11.2. The fourth-order valence-electron chi connectivity index (χ4n) is 2.94. The molecule has 146 valence electrons. The minimum absolute atomic E-state index is 0.349. The Morgan fingerprint density at radius 1 is 0.964 bits per heavy atom. The number of hydrogen-bond acceptors (Lipinski definition) is 2. The molecule has 4 heteroatoms. The summed E-state index contributed by atoms with van der Waals surface area (Å²) >= 11 is 6.14. The Hall–Kier alpha value is -2.78. The van der Waals surface area contributed by atoms with Crippen molar-refractivity contribution in [3.8, 4) is 0 Å². The first-order valence-electron chi connectivity index (χ1n) is 9.13. The average Bonchev–Trinajstić information content (AvgIpc) is 2.71. The van der Waals surface area contributed by atoms with Crippen LogP contribution in [0.1, 0.15) is 31.4 Å². The van der Waals surface area contributed by atoms with Crippen LogP contribution in [0.2, 0.25) is 0 Å². The van der Waals surface area contributed by atoms with E-state index in [1.807, 2.05) is 49.4 Å². The molecule has 0 radical (unpaired) electrons. The molecule has 0 saturated heterocycles. The fraction of sp³-hybridized carbons (Fsp3) is 0.208. The summed E-state index contributed by atoms with van der Waals surface area (Å²) < 4.78 is 5.21. The van der Waals surface area contributed by atoms with Crippen LogP contribution in [0.4, 0.5) is 0 Å². The molecule has 3 nitrogen and oxygen atoms in total. The molecule has 28 heavy (non-hydrogen) atoms. The molecule has 2 aromatic carbocycles. The number of aliphatic carboxylic acids is 1. The van der Waals surface area contributed by atoms with Crippen molar-refractivity contribution in [3.63, 3.8) is 0 Å². The molecule has 0 saturated carbocycles. The van der Waals surface area contributed by atoms with Gasteiger partial charge in [0.05, 0.1) is 5.76 Å². The number of rotatable bonds is 9. The van der Waals surface area contributed by atoms with Gasteiger partial charge in [0.25, 0.3) is 0 Å². The van der Waals surface area contributed by atoms with Crippen molar-refractivity contribution in [2.75, 3.05) is 12.5 Å². The van der Waals surface area contributed by atoms with Gasteiger partial charge in [-0.05, 0) is 54.2 Å². The number of hydrogen-bond donors (Lipinski definition) is 1. The molecule has 0 heterocycles. The first kappa shape index (κ1) is 21.5. The number of halogens is 1. The summed E-state index contributed by atoms with van der Waals surface area (Å²) in [5.41, 5.74) is 5.59. The van der Waals surface area contributed by atoms with E-state index >= 15 is 0 Å². The third-order valence-electron chi connectivity index (χ3n) is 4.22. The minimum Gasteiger partial charge on any atom is -0.487 e. The van der Waals surface area contributed by atoms with Crippen LogP contribution in [-0.2, 0) is 9.53 Å². The quantitative estimate of drug-likeness (QED) is 0.238. The Bertz CT molecular complexity index is 865. The summed E-state index contributed by atoms with van der Waals surface area (Å²) in [6, 6.07) is 20.4. The lowest BCUT2D eigenvalue weighted by atomic mass is 9.88. The average molecular weight is 397 g/mol. The molecule has 0 bridgehead atoms. The van der Waals surface area contributed by atoms with Gasteiger partial charge in [0.1, 0.15) is 0 Å². The minimum atomic E-state index is -0.994. The normalized spacial score (nSPS) is 13.1. The molecular formula is C24H25ClO3. The van der Waals surface area contributed by atoms with Gasteiger partial charge in [0, 0.05) is 5.88 Å². The van der Waals surface area contributed by atoms with Crippen molar-refractivity contribution >= 4 is 28.7 Å². The molecule has 0 spiro atoms. The van der Waals surface area contributed by atoms with Crippen LogP contribution >= 0.6 is 11.6 Å². The highest BCUT2D eigenvalue weighted by Crippen LogP contribution is 2.34. The van der Waals surface area contributed by atoms with Crippen molar-refractivity contribution in [2.45, 2.75) is 20.3 Å². The van der Waals surface area contributed by atoms with Gasteiger partial charge in [-0.2, -0.15) is 0 Å². The van der Waals surface area contributed by atoms with Gasteiger partial charge in [0.15, 0.2) is 6.61 Å². The summed E-state index contributed by atoms with van der Waals surface area (Å²) in [6.07, 6.45) is 4.49. The third kappa shape index (κ3) is 6.43. The number of carbonyl (C=O) groups is 1. The lowest BCUT2D eigenvalue weighted by Crippen LogP contribution is -2.05. The van der Waals surface area contributed by atoms with E-state index in [0.717, 1.165) is 28.7 Å². The number of allylic oxidation sites excluding steroid dienone is 6. The highest BCUT2D eigenvalue weighted by atomic mass is 35.5. The zero-order valence-electron chi connectivity index (χ0n) is 16.2. The molecule has 0 fully saturated rings. The third-order valence-corrected chi connectivity index (χ3v) is 4.41. The van der Waals surface area contributed by atoms with E-state index in [2.05, 4.69) is 24.3 Å². The maximum atomic E-state index is 10.7. The van der Waals surface area contributed by atoms with E-state index < -0.39 is 5.97 Å². The fourth-order valence-corrected chi connectivity index (χ4v) is 3.13. The van der Waals surface area contributed by atoms with Crippen molar-refractivity contribution in [3.05, 3.63) is 95.3 Å². The van der Waals surface area contributed by atoms with E-state index in [9.17, 15) is 4.79 Å². The first-order chi connectivity index (χ1) is 13.5. The Labute approximate surface area is 171 Å². The summed E-state index contributed by atoms with van der Waals surface area (Å²) in [6.45, 7) is 3.44. The molecule has 2 aromatic rings. The Morgan fingerprint density at radius 2 is 1.54 bits per heavy atom. The van der Waals surface area contributed by atoms with Crippen LogP contribution in [-0.4, -0.2) is 23.6 Å². The molecule has 0 aliphatic heterocycles. The Morgan fingerprint density at radius 3 is 2.07 bits per heavy atom. The van der Waals surface area contributed by atoms with E-state index in [1.165, 1.54) is 5.57 Å². The highest BCUT2D eigenvalue weighted by Gasteiger charge is 2.13. The van der Waals surface area contributed by atoms with Crippen molar-refractivity contribution in [2.24, 2.45) is 0 Å². The molecule has 0 unspecified atom stereocenters. The molecule has 1 N–H and O–H groups in total. The molecular weight excluding hydrogens is 372 g/mol. The van der Waals surface area contributed by atoms with Crippen LogP contribution in [0.5, 0.6) is 0 Å². The molecule has 0 amide bonds. The highest BCUT2D eigenvalue weighted by molar-refractivity contribution is 6.18. The second-order valence-corrected chi connectivity index (χ2v) is 6.71. The summed E-state index contributed by atoms with van der Waals surface area (Å²) in [5, 5.41) is 8.75. The predicted octanol–water partition coefficient (Wildman–Crippen LogP) is 6.18. The molecule has 0 aromatic heterocycles. The standard InChI is InChI=1S/C24H25ClO3/c1-18(13-14-19(2)28-17-23(26)27)24(21-11-7-4-8-12-21)22(15-16-25)20-9-5-3-6-10-20/h3-14H,15-17H2,1-2H3,(H,26,27)/b18-13+,19-14+,24-22+. The maximum absolute atomic E-state index is 10.7. The maximum Gasteiger partial charge on any atom is 0.341 e. The van der Waals surface area contributed by atoms with Crippen molar-refractivity contribution in [1.82, 2.24) is 0 Å². The molecule has 0 aliphatic rings. The lowest BCUT2D eigenvalue weighted by Gasteiger charge is -2.17. The van der Waals surface area contributed by atoms with E-state index in [0.29, 0.717) is 11.6 Å². The zero-order valence-corrected chi connectivity index (χ0v) is 16.9. The topological polar surface area (TPSA) is 46.5 Å². The molecule has 2 rings (SSSR count). The van der Waals surface area contributed by atoms with Crippen LogP contribution in [0.25, 0.3) is 11.1 Å². The van der Waals surface area contributed by atoms with Gasteiger partial charge in [-0.15, -0.1) is 11.6 Å². The second-order valence-electron chi connectivity index (χ2n) is 6.33. The summed E-state index contributed by atoms with van der Waals surface area (Å²) in [4.78, 5) is 10.7. The van der Waals surface area contributed by atoms with Crippen LogP contribution in [0.15, 0.2) is 84.1 Å². The monoisotopic (exact) mass is 396 g/mol. The first-order valence-corrected chi connectivity index (χ1v) is 9.66. The number of alkyl halides is 1. The van der Waals surface area contributed by atoms with E-state index in [-0.39, 0.29) is 6.61 Å². The molecule has 0 aliphatic carbocycles. The number of carboxylic acids is 1.